The zero-order valence-electron chi connectivity index (χ0n) is 12.8. The highest BCUT2D eigenvalue weighted by atomic mass is 16.5. The average molecular weight is 296 g/mol. The Hall–Kier alpha value is -1.59. The number of hydrogen-bond donors (Lipinski definition) is 1. The molecule has 0 aromatic rings. The number of nitrogens with one attached hydrogen (secondary N) is 1. The summed E-state index contributed by atoms with van der Waals surface area (Å²) in [5.41, 5.74) is -0.864. The summed E-state index contributed by atoms with van der Waals surface area (Å²) in [6.07, 6.45) is 5.40. The predicted molar refractivity (Wildman–Crippen MR) is 78.0 cm³/mol. The van der Waals surface area contributed by atoms with Gasteiger partial charge in [-0.15, -0.1) is 0 Å². The van der Waals surface area contributed by atoms with Crippen molar-refractivity contribution >= 4 is 17.8 Å². The van der Waals surface area contributed by atoms with Gasteiger partial charge in [-0.2, -0.15) is 0 Å². The number of nitrogens with zero attached hydrogens (tertiary/aromatic N) is 1. The highest BCUT2D eigenvalue weighted by Crippen LogP contribution is 2.38. The minimum atomic E-state index is -0.864. The monoisotopic (exact) mass is 296 g/mol. The number of amides is 1. The van der Waals surface area contributed by atoms with Gasteiger partial charge in [0, 0.05) is 6.92 Å². The van der Waals surface area contributed by atoms with E-state index in [1.54, 1.807) is 13.8 Å². The maximum absolute atomic E-state index is 12.6. The lowest BCUT2D eigenvalue weighted by Gasteiger charge is -2.34. The molecule has 0 aromatic carbocycles. The molecular formula is C15H24N2O4. The van der Waals surface area contributed by atoms with Gasteiger partial charge >= 0.3 is 5.97 Å². The molecule has 0 bridgehead atoms. The van der Waals surface area contributed by atoms with Crippen molar-refractivity contribution in [2.24, 2.45) is 10.9 Å². The van der Waals surface area contributed by atoms with E-state index in [0.29, 0.717) is 12.5 Å². The van der Waals surface area contributed by atoms with Crippen LogP contribution in [-0.2, 0) is 19.1 Å². The largest absolute Gasteiger partial charge is 0.478 e. The van der Waals surface area contributed by atoms with E-state index in [-0.39, 0.29) is 25.0 Å². The molecule has 1 aliphatic heterocycles. The molecule has 1 saturated carbocycles. The zero-order chi connectivity index (χ0) is 15.3. The Morgan fingerprint density at radius 2 is 2.10 bits per heavy atom. The highest BCUT2D eigenvalue weighted by Gasteiger charge is 2.49. The van der Waals surface area contributed by atoms with Crippen molar-refractivity contribution in [1.82, 2.24) is 5.32 Å². The molecule has 1 fully saturated rings. The molecule has 1 heterocycles. The summed E-state index contributed by atoms with van der Waals surface area (Å²) in [6.45, 7) is 3.97. The van der Waals surface area contributed by atoms with Gasteiger partial charge in [-0.05, 0) is 25.7 Å². The maximum Gasteiger partial charge on any atom is 0.325 e. The first-order chi connectivity index (χ1) is 10.1. The quantitative estimate of drug-likeness (QED) is 0.779. The van der Waals surface area contributed by atoms with Gasteiger partial charge in [0.15, 0.2) is 11.4 Å². The lowest BCUT2D eigenvalue weighted by atomic mass is 9.75. The van der Waals surface area contributed by atoms with Gasteiger partial charge in [0.2, 0.25) is 0 Å². The zero-order valence-corrected chi connectivity index (χ0v) is 12.8. The number of aliphatic imine (C=N–C) groups is 1. The summed E-state index contributed by atoms with van der Waals surface area (Å²) >= 11 is 0. The van der Waals surface area contributed by atoms with Crippen LogP contribution >= 0.6 is 0 Å². The van der Waals surface area contributed by atoms with Crippen molar-refractivity contribution < 1.29 is 19.1 Å². The predicted octanol–water partition coefficient (Wildman–Crippen LogP) is 1.43. The van der Waals surface area contributed by atoms with Crippen LogP contribution in [0.2, 0.25) is 0 Å². The molecule has 2 rings (SSSR count). The molecule has 1 N–H and O–H groups in total. The van der Waals surface area contributed by atoms with E-state index in [1.807, 2.05) is 0 Å². The summed E-state index contributed by atoms with van der Waals surface area (Å²) in [7, 11) is 0. The van der Waals surface area contributed by atoms with Gasteiger partial charge in [0.05, 0.1) is 6.61 Å². The van der Waals surface area contributed by atoms with Gasteiger partial charge in [0.1, 0.15) is 13.2 Å². The lowest BCUT2D eigenvalue weighted by molar-refractivity contribution is -0.144. The number of ether oxygens (including phenoxy) is 2. The molecule has 1 aliphatic carbocycles. The molecule has 2 aliphatic rings. The first-order valence-corrected chi connectivity index (χ1v) is 7.71. The molecule has 0 saturated heterocycles. The van der Waals surface area contributed by atoms with Gasteiger partial charge < -0.3 is 14.8 Å². The van der Waals surface area contributed by atoms with Gasteiger partial charge in [-0.25, -0.2) is 4.99 Å². The van der Waals surface area contributed by atoms with Crippen molar-refractivity contribution in [1.29, 1.82) is 0 Å². The Bertz CT molecular complexity index is 429. The molecule has 1 amide bonds. The van der Waals surface area contributed by atoms with Gasteiger partial charge in [-0.1, -0.05) is 19.3 Å². The third-order valence-corrected chi connectivity index (χ3v) is 4.23. The molecule has 21 heavy (non-hydrogen) atoms. The van der Waals surface area contributed by atoms with Gasteiger partial charge in [-0.3, -0.25) is 9.59 Å². The van der Waals surface area contributed by atoms with Crippen molar-refractivity contribution in [3.63, 3.8) is 0 Å². The Kier molecular flexibility index (Phi) is 5.20. The van der Waals surface area contributed by atoms with Crippen LogP contribution in [0.15, 0.2) is 4.99 Å². The SMILES string of the molecule is CCOC(=O)CNC(=O)C1(C2CCCCC2)COC(C)=N1. The van der Waals surface area contributed by atoms with E-state index in [1.165, 1.54) is 6.42 Å². The fraction of sp³-hybridized carbons (Fsp3) is 0.800. The van der Waals surface area contributed by atoms with Crippen LogP contribution in [0.3, 0.4) is 0 Å². The molecule has 0 aromatic heterocycles. The van der Waals surface area contributed by atoms with Crippen molar-refractivity contribution in [2.75, 3.05) is 19.8 Å². The minimum Gasteiger partial charge on any atom is -0.478 e. The highest BCUT2D eigenvalue weighted by molar-refractivity contribution is 5.93. The number of carbonyl (C=O) groups is 2. The maximum atomic E-state index is 12.6. The smallest absolute Gasteiger partial charge is 0.325 e. The average Bonchev–Trinajstić information content (AvgIpc) is 2.89. The van der Waals surface area contributed by atoms with Crippen LogP contribution in [0.5, 0.6) is 0 Å². The molecule has 118 valence electrons. The minimum absolute atomic E-state index is 0.115. The summed E-state index contributed by atoms with van der Waals surface area (Å²) in [4.78, 5) is 28.5. The van der Waals surface area contributed by atoms with E-state index in [2.05, 4.69) is 10.3 Å². The number of rotatable bonds is 5. The molecule has 6 nitrogen and oxygen atoms in total. The topological polar surface area (TPSA) is 77.0 Å². The van der Waals surface area contributed by atoms with E-state index >= 15 is 0 Å². The standard InChI is InChI=1S/C15H24N2O4/c1-3-20-13(18)9-16-14(19)15(10-21-11(2)17-15)12-7-5-4-6-8-12/h12H,3-10H2,1-2H3,(H,16,19). The van der Waals surface area contributed by atoms with Crippen LogP contribution in [-0.4, -0.2) is 43.1 Å². The summed E-state index contributed by atoms with van der Waals surface area (Å²) in [5, 5.41) is 2.67. The Balaban J connectivity index is 2.05. The van der Waals surface area contributed by atoms with E-state index in [9.17, 15) is 9.59 Å². The van der Waals surface area contributed by atoms with E-state index in [0.717, 1.165) is 25.7 Å². The summed E-state index contributed by atoms with van der Waals surface area (Å²) < 4.78 is 10.3. The third kappa shape index (κ3) is 3.54. The summed E-state index contributed by atoms with van der Waals surface area (Å²) in [6, 6.07) is 0. The van der Waals surface area contributed by atoms with Crippen molar-refractivity contribution in [3.8, 4) is 0 Å². The van der Waals surface area contributed by atoms with Crippen molar-refractivity contribution in [3.05, 3.63) is 0 Å². The molecule has 1 unspecified atom stereocenters. The second kappa shape index (κ2) is 6.91. The summed E-state index contributed by atoms with van der Waals surface area (Å²) in [5.74, 6) is 0.0846. The van der Waals surface area contributed by atoms with Crippen LogP contribution in [0.1, 0.15) is 46.0 Å². The second-order valence-electron chi connectivity index (χ2n) is 5.67. The van der Waals surface area contributed by atoms with Crippen LogP contribution in [0.25, 0.3) is 0 Å². The first kappa shape index (κ1) is 15.8. The van der Waals surface area contributed by atoms with E-state index < -0.39 is 11.5 Å². The number of carbonyl (C=O) groups excluding carboxylic acids is 2. The third-order valence-electron chi connectivity index (χ3n) is 4.23. The fourth-order valence-corrected chi connectivity index (χ4v) is 3.17. The molecular weight excluding hydrogens is 272 g/mol. The molecule has 0 spiro atoms. The number of hydrogen-bond acceptors (Lipinski definition) is 5. The number of esters is 1. The molecule has 0 radical (unpaired) electrons. The van der Waals surface area contributed by atoms with Gasteiger partial charge in [0.25, 0.3) is 5.91 Å². The Morgan fingerprint density at radius 3 is 2.67 bits per heavy atom. The molecule has 6 heteroatoms. The van der Waals surface area contributed by atoms with Crippen molar-refractivity contribution in [2.45, 2.75) is 51.5 Å². The normalized spacial score (nSPS) is 25.9. The van der Waals surface area contributed by atoms with Crippen LogP contribution < -0.4 is 5.32 Å². The van der Waals surface area contributed by atoms with Crippen LogP contribution in [0.4, 0.5) is 0 Å². The second-order valence-corrected chi connectivity index (χ2v) is 5.67. The molecule has 1 atom stereocenters. The first-order valence-electron chi connectivity index (χ1n) is 7.71. The fourth-order valence-electron chi connectivity index (χ4n) is 3.17. The Morgan fingerprint density at radius 1 is 1.38 bits per heavy atom. The van der Waals surface area contributed by atoms with Crippen LogP contribution in [0, 0.1) is 5.92 Å². The van der Waals surface area contributed by atoms with E-state index in [4.69, 9.17) is 9.47 Å². The lowest BCUT2D eigenvalue weighted by Crippen LogP contribution is -2.53. The Labute approximate surface area is 125 Å².